The first kappa shape index (κ1) is 13.0. The third-order valence-electron chi connectivity index (χ3n) is 5.39. The van der Waals surface area contributed by atoms with Crippen molar-refractivity contribution in [2.75, 3.05) is 19.7 Å². The van der Waals surface area contributed by atoms with Crippen molar-refractivity contribution in [2.45, 2.75) is 44.6 Å². The van der Waals surface area contributed by atoms with Gasteiger partial charge in [-0.2, -0.15) is 0 Å². The van der Waals surface area contributed by atoms with Gasteiger partial charge in [0.1, 0.15) is 23.7 Å². The maximum Gasteiger partial charge on any atom is 0.134 e. The number of ether oxygens (including phenoxy) is 1. The Labute approximate surface area is 131 Å². The Morgan fingerprint density at radius 3 is 3.00 bits per heavy atom. The van der Waals surface area contributed by atoms with Crippen molar-refractivity contribution < 1.29 is 9.15 Å². The van der Waals surface area contributed by atoms with Crippen molar-refractivity contribution in [2.24, 2.45) is 5.92 Å². The minimum Gasteiger partial charge on any atom is -0.492 e. The molecule has 2 unspecified atom stereocenters. The van der Waals surface area contributed by atoms with E-state index in [4.69, 9.17) is 9.15 Å². The van der Waals surface area contributed by atoms with Crippen molar-refractivity contribution in [1.29, 1.82) is 0 Å². The number of fused-ring (bicyclic) bond motifs is 3. The highest BCUT2D eigenvalue weighted by Crippen LogP contribution is 2.35. The van der Waals surface area contributed by atoms with Gasteiger partial charge in [0.2, 0.25) is 0 Å². The SMILES string of the molecule is c1cc2oc3c(c2cc1OCC1CN1CC1CC1)CCCC3. The summed E-state index contributed by atoms with van der Waals surface area (Å²) in [4.78, 5) is 2.55. The summed E-state index contributed by atoms with van der Waals surface area (Å²) in [6, 6.07) is 6.98. The normalized spacial score (nSPS) is 26.9. The van der Waals surface area contributed by atoms with Crippen molar-refractivity contribution >= 4 is 11.0 Å². The fraction of sp³-hybridized carbons (Fsp3) is 0.579. The second kappa shape index (κ2) is 5.02. The van der Waals surface area contributed by atoms with Gasteiger partial charge in [-0.3, -0.25) is 4.90 Å². The summed E-state index contributed by atoms with van der Waals surface area (Å²) < 4.78 is 12.0. The van der Waals surface area contributed by atoms with Crippen LogP contribution in [0.5, 0.6) is 5.75 Å². The average Bonchev–Trinajstić information content (AvgIpc) is 3.46. The lowest BCUT2D eigenvalue weighted by molar-refractivity contribution is 0.292. The van der Waals surface area contributed by atoms with Gasteiger partial charge in [0.25, 0.3) is 0 Å². The third kappa shape index (κ3) is 2.41. The zero-order valence-corrected chi connectivity index (χ0v) is 13.0. The smallest absolute Gasteiger partial charge is 0.134 e. The predicted octanol–water partition coefficient (Wildman–Crippen LogP) is 3.78. The summed E-state index contributed by atoms with van der Waals surface area (Å²) in [5.74, 6) is 3.19. The minimum absolute atomic E-state index is 0.648. The van der Waals surface area contributed by atoms with E-state index in [1.807, 2.05) is 0 Å². The molecule has 1 aromatic carbocycles. The van der Waals surface area contributed by atoms with E-state index in [0.29, 0.717) is 6.04 Å². The molecule has 3 aliphatic rings. The maximum atomic E-state index is 6.05. The van der Waals surface area contributed by atoms with Crippen molar-refractivity contribution in [3.63, 3.8) is 0 Å². The molecule has 0 radical (unpaired) electrons. The molecular weight excluding hydrogens is 274 g/mol. The predicted molar refractivity (Wildman–Crippen MR) is 86.4 cm³/mol. The van der Waals surface area contributed by atoms with Crippen LogP contribution in [0.3, 0.4) is 0 Å². The Balaban J connectivity index is 1.28. The molecule has 0 bridgehead atoms. The van der Waals surface area contributed by atoms with Crippen LogP contribution in [0, 0.1) is 5.92 Å². The highest BCUT2D eigenvalue weighted by molar-refractivity contribution is 5.84. The molecule has 1 saturated carbocycles. The first-order valence-electron chi connectivity index (χ1n) is 8.78. The van der Waals surface area contributed by atoms with Gasteiger partial charge in [-0.1, -0.05) is 0 Å². The largest absolute Gasteiger partial charge is 0.492 e. The van der Waals surface area contributed by atoms with Crippen LogP contribution in [0.25, 0.3) is 11.0 Å². The summed E-state index contributed by atoms with van der Waals surface area (Å²) in [7, 11) is 0. The Bertz CT molecular complexity index is 701. The second-order valence-electron chi connectivity index (χ2n) is 7.23. The zero-order valence-electron chi connectivity index (χ0n) is 13.0. The molecule has 0 N–H and O–H groups in total. The van der Waals surface area contributed by atoms with E-state index in [1.54, 1.807) is 0 Å². The Kier molecular flexibility index (Phi) is 2.97. The number of furan rings is 1. The highest BCUT2D eigenvalue weighted by atomic mass is 16.5. The van der Waals surface area contributed by atoms with Crippen LogP contribution in [0.1, 0.15) is 37.0 Å². The van der Waals surface area contributed by atoms with Crippen molar-refractivity contribution in [1.82, 2.24) is 4.90 Å². The van der Waals surface area contributed by atoms with Gasteiger partial charge >= 0.3 is 0 Å². The van der Waals surface area contributed by atoms with E-state index in [2.05, 4.69) is 23.1 Å². The molecule has 2 aromatic rings. The van der Waals surface area contributed by atoms with Gasteiger partial charge in [-0.05, 0) is 56.2 Å². The van der Waals surface area contributed by atoms with Gasteiger partial charge in [-0.15, -0.1) is 0 Å². The number of nitrogens with zero attached hydrogens (tertiary/aromatic N) is 1. The molecule has 1 aromatic heterocycles. The molecule has 22 heavy (non-hydrogen) atoms. The zero-order chi connectivity index (χ0) is 14.5. The lowest BCUT2D eigenvalue weighted by Crippen LogP contribution is -2.12. The lowest BCUT2D eigenvalue weighted by atomic mass is 9.96. The molecule has 116 valence electrons. The Morgan fingerprint density at radius 2 is 2.09 bits per heavy atom. The molecule has 1 saturated heterocycles. The lowest BCUT2D eigenvalue weighted by Gasteiger charge is -2.09. The van der Waals surface area contributed by atoms with Crippen molar-refractivity contribution in [3.8, 4) is 5.75 Å². The first-order valence-corrected chi connectivity index (χ1v) is 8.78. The molecule has 2 aliphatic carbocycles. The van der Waals surface area contributed by atoms with Crippen LogP contribution in [0.2, 0.25) is 0 Å². The first-order chi connectivity index (χ1) is 10.9. The number of benzene rings is 1. The fourth-order valence-corrected chi connectivity index (χ4v) is 3.76. The van der Waals surface area contributed by atoms with E-state index < -0.39 is 0 Å². The third-order valence-corrected chi connectivity index (χ3v) is 5.39. The number of hydrogen-bond acceptors (Lipinski definition) is 3. The molecule has 0 spiro atoms. The Hall–Kier alpha value is -1.48. The van der Waals surface area contributed by atoms with Crippen LogP contribution in [-0.2, 0) is 12.8 Å². The molecule has 3 heteroatoms. The van der Waals surface area contributed by atoms with Gasteiger partial charge in [-0.25, -0.2) is 0 Å². The number of aryl methyl sites for hydroxylation is 2. The minimum atomic E-state index is 0.648. The number of hydrogen-bond donors (Lipinski definition) is 0. The molecule has 0 amide bonds. The van der Waals surface area contributed by atoms with Crippen molar-refractivity contribution in [3.05, 3.63) is 29.5 Å². The van der Waals surface area contributed by atoms with E-state index in [9.17, 15) is 0 Å². The van der Waals surface area contributed by atoms with Crippen LogP contribution in [-0.4, -0.2) is 30.6 Å². The average molecular weight is 297 g/mol. The van der Waals surface area contributed by atoms with E-state index in [1.165, 1.54) is 55.5 Å². The van der Waals surface area contributed by atoms with Gasteiger partial charge in [0.15, 0.2) is 0 Å². The van der Waals surface area contributed by atoms with Crippen LogP contribution in [0.15, 0.2) is 22.6 Å². The van der Waals surface area contributed by atoms with E-state index in [-0.39, 0.29) is 0 Å². The molecule has 3 nitrogen and oxygen atoms in total. The molecular formula is C19H23NO2. The van der Waals surface area contributed by atoms with Gasteiger partial charge < -0.3 is 9.15 Å². The van der Waals surface area contributed by atoms with Crippen LogP contribution in [0.4, 0.5) is 0 Å². The highest BCUT2D eigenvalue weighted by Gasteiger charge is 2.38. The topological polar surface area (TPSA) is 25.4 Å². The molecule has 2 fully saturated rings. The summed E-state index contributed by atoms with van der Waals surface area (Å²) in [6.07, 6.45) is 7.67. The second-order valence-corrected chi connectivity index (χ2v) is 7.23. The van der Waals surface area contributed by atoms with Crippen LogP contribution >= 0.6 is 0 Å². The quantitative estimate of drug-likeness (QED) is 0.785. The summed E-state index contributed by atoms with van der Waals surface area (Å²) >= 11 is 0. The fourth-order valence-electron chi connectivity index (χ4n) is 3.76. The Morgan fingerprint density at radius 1 is 1.18 bits per heavy atom. The van der Waals surface area contributed by atoms with E-state index >= 15 is 0 Å². The maximum absolute atomic E-state index is 6.05. The van der Waals surface area contributed by atoms with Gasteiger partial charge in [0, 0.05) is 30.5 Å². The standard InChI is InChI=1S/C19H23NO2/c1-2-4-18-16(3-1)17-9-15(7-8-19(17)22-18)21-12-14-11-20(14)10-13-5-6-13/h7-9,13-14H,1-6,10-12H2. The molecule has 2 heterocycles. The monoisotopic (exact) mass is 297 g/mol. The molecule has 1 aliphatic heterocycles. The summed E-state index contributed by atoms with van der Waals surface area (Å²) in [6.45, 7) is 3.35. The molecule has 2 atom stereocenters. The van der Waals surface area contributed by atoms with Crippen LogP contribution < -0.4 is 4.74 Å². The molecule has 5 rings (SSSR count). The van der Waals surface area contributed by atoms with E-state index in [0.717, 1.165) is 36.7 Å². The van der Waals surface area contributed by atoms with Gasteiger partial charge in [0.05, 0.1) is 6.04 Å². The summed E-state index contributed by atoms with van der Waals surface area (Å²) in [5, 5.41) is 1.28. The summed E-state index contributed by atoms with van der Waals surface area (Å²) in [5.41, 5.74) is 2.45. The number of rotatable bonds is 5.